The van der Waals surface area contributed by atoms with Gasteiger partial charge in [-0.05, 0) is 6.07 Å². The van der Waals surface area contributed by atoms with Crippen LogP contribution in [0.1, 0.15) is 0 Å². The Hall–Kier alpha value is -2.10. The van der Waals surface area contributed by atoms with Crippen molar-refractivity contribution in [3.05, 3.63) is 36.7 Å². The van der Waals surface area contributed by atoms with Gasteiger partial charge in [-0.3, -0.25) is 4.98 Å². The number of fused-ring (bicyclic) bond motifs is 3. The third kappa shape index (κ3) is 1.08. The van der Waals surface area contributed by atoms with Crippen molar-refractivity contribution in [3.63, 3.8) is 0 Å². The Bertz CT molecular complexity index is 630. The number of aromatic nitrogens is 3. The van der Waals surface area contributed by atoms with Crippen molar-refractivity contribution < 1.29 is 4.84 Å². The summed E-state index contributed by atoms with van der Waals surface area (Å²) in [4.78, 5) is 10.9. The summed E-state index contributed by atoms with van der Waals surface area (Å²) in [6, 6.07) is 7.99. The summed E-state index contributed by atoms with van der Waals surface area (Å²) >= 11 is 0. The average molecular weight is 199 g/mol. The zero-order valence-corrected chi connectivity index (χ0v) is 8.21. The van der Waals surface area contributed by atoms with Crippen LogP contribution >= 0.6 is 0 Å². The van der Waals surface area contributed by atoms with Crippen LogP contribution in [0, 0.1) is 0 Å². The molecule has 0 aliphatic rings. The van der Waals surface area contributed by atoms with Crippen molar-refractivity contribution in [2.45, 2.75) is 0 Å². The molecule has 3 aromatic rings. The van der Waals surface area contributed by atoms with E-state index < -0.39 is 0 Å². The number of pyridine rings is 1. The Labute approximate surface area is 86.1 Å². The maximum atomic E-state index is 5.08. The van der Waals surface area contributed by atoms with Gasteiger partial charge in [0, 0.05) is 10.8 Å². The van der Waals surface area contributed by atoms with Gasteiger partial charge in [-0.15, -0.1) is 5.10 Å². The van der Waals surface area contributed by atoms with Gasteiger partial charge in [0.15, 0.2) is 0 Å². The van der Waals surface area contributed by atoms with E-state index >= 15 is 0 Å². The highest BCUT2D eigenvalue weighted by Crippen LogP contribution is 2.22. The molecule has 2 heterocycles. The van der Waals surface area contributed by atoms with E-state index in [0.717, 1.165) is 21.8 Å². The summed E-state index contributed by atoms with van der Waals surface area (Å²) in [6.45, 7) is 0. The largest absolute Gasteiger partial charge is 0.399 e. The van der Waals surface area contributed by atoms with Gasteiger partial charge < -0.3 is 4.84 Å². The Morgan fingerprint density at radius 2 is 2.00 bits per heavy atom. The van der Waals surface area contributed by atoms with E-state index in [1.165, 1.54) is 4.85 Å². The first-order valence-corrected chi connectivity index (χ1v) is 4.66. The molecule has 0 amide bonds. The zero-order chi connectivity index (χ0) is 10.3. The zero-order valence-electron chi connectivity index (χ0n) is 8.21. The first kappa shape index (κ1) is 8.23. The van der Waals surface area contributed by atoms with Gasteiger partial charge in [-0.2, -0.15) is 0 Å². The topological polar surface area (TPSA) is 39.9 Å². The van der Waals surface area contributed by atoms with Crippen LogP contribution in [0.2, 0.25) is 0 Å². The molecule has 2 aromatic heterocycles. The van der Waals surface area contributed by atoms with E-state index in [9.17, 15) is 0 Å². The Kier molecular flexibility index (Phi) is 1.62. The molecule has 0 aliphatic carbocycles. The number of nitrogens with zero attached hydrogens (tertiary/aromatic N) is 3. The van der Waals surface area contributed by atoms with Crippen LogP contribution in [0.4, 0.5) is 0 Å². The number of hydrogen-bond donors (Lipinski definition) is 0. The summed E-state index contributed by atoms with van der Waals surface area (Å²) in [5.74, 6) is 0. The average Bonchev–Trinajstić information content (AvgIpc) is 2.72. The van der Waals surface area contributed by atoms with Crippen molar-refractivity contribution in [2.24, 2.45) is 0 Å². The smallest absolute Gasteiger partial charge is 0.129 e. The minimum atomic E-state index is 0.885. The molecule has 1 aromatic carbocycles. The van der Waals surface area contributed by atoms with Gasteiger partial charge in [0.25, 0.3) is 0 Å². The predicted octanol–water partition coefficient (Wildman–Crippen LogP) is 1.64. The lowest BCUT2D eigenvalue weighted by molar-refractivity contribution is 0.145. The number of hydrogen-bond acceptors (Lipinski definition) is 3. The van der Waals surface area contributed by atoms with E-state index in [1.807, 2.05) is 24.3 Å². The molecule has 74 valence electrons. The van der Waals surface area contributed by atoms with E-state index in [0.29, 0.717) is 0 Å². The monoisotopic (exact) mass is 199 g/mol. The lowest BCUT2D eigenvalue weighted by Crippen LogP contribution is -2.06. The Morgan fingerprint density at radius 3 is 2.87 bits per heavy atom. The first-order valence-electron chi connectivity index (χ1n) is 4.66. The van der Waals surface area contributed by atoms with Crippen LogP contribution in [0.25, 0.3) is 21.8 Å². The van der Waals surface area contributed by atoms with Crippen molar-refractivity contribution in [1.82, 2.24) is 14.9 Å². The molecule has 0 radical (unpaired) electrons. The molecular formula is C11H9N3O. The number of benzene rings is 1. The van der Waals surface area contributed by atoms with Gasteiger partial charge in [-0.25, -0.2) is 0 Å². The van der Waals surface area contributed by atoms with Crippen molar-refractivity contribution in [1.29, 1.82) is 0 Å². The van der Waals surface area contributed by atoms with Crippen molar-refractivity contribution >= 4 is 21.8 Å². The molecule has 0 N–H and O–H groups in total. The second-order valence-electron chi connectivity index (χ2n) is 3.27. The fourth-order valence-corrected chi connectivity index (χ4v) is 1.76. The minimum Gasteiger partial charge on any atom is -0.399 e. The van der Waals surface area contributed by atoms with Crippen molar-refractivity contribution in [2.75, 3.05) is 7.11 Å². The molecule has 0 unspecified atom stereocenters. The quantitative estimate of drug-likeness (QED) is 0.598. The van der Waals surface area contributed by atoms with Crippen LogP contribution < -0.4 is 4.84 Å². The van der Waals surface area contributed by atoms with Crippen LogP contribution in [0.15, 0.2) is 36.7 Å². The molecule has 0 aliphatic heterocycles. The van der Waals surface area contributed by atoms with Crippen LogP contribution in [-0.4, -0.2) is 22.0 Å². The SMILES string of the molecule is COn1ncc2c3ccccc3ncc21. The predicted molar refractivity (Wildman–Crippen MR) is 57.5 cm³/mol. The Morgan fingerprint density at radius 1 is 1.13 bits per heavy atom. The summed E-state index contributed by atoms with van der Waals surface area (Å²) in [7, 11) is 1.58. The number of rotatable bonds is 1. The standard InChI is InChI=1S/C11H9N3O/c1-15-14-11-7-12-10-5-3-2-4-8(10)9(11)6-13-14/h2-7H,1H3. The summed E-state index contributed by atoms with van der Waals surface area (Å²) in [5, 5.41) is 6.27. The minimum absolute atomic E-state index is 0.885. The van der Waals surface area contributed by atoms with Gasteiger partial charge in [0.2, 0.25) is 0 Å². The lowest BCUT2D eigenvalue weighted by Gasteiger charge is -2.00. The first-order chi connectivity index (χ1) is 7.40. The van der Waals surface area contributed by atoms with Gasteiger partial charge in [0.1, 0.15) is 12.6 Å². The van der Waals surface area contributed by atoms with Crippen LogP contribution in [0.3, 0.4) is 0 Å². The van der Waals surface area contributed by atoms with E-state index in [-0.39, 0.29) is 0 Å². The summed E-state index contributed by atoms with van der Waals surface area (Å²) < 4.78 is 0. The van der Waals surface area contributed by atoms with Gasteiger partial charge in [0.05, 0.1) is 17.9 Å². The van der Waals surface area contributed by atoms with Crippen molar-refractivity contribution in [3.8, 4) is 0 Å². The fourth-order valence-electron chi connectivity index (χ4n) is 1.76. The highest BCUT2D eigenvalue weighted by molar-refractivity contribution is 6.03. The molecule has 3 rings (SSSR count). The second-order valence-corrected chi connectivity index (χ2v) is 3.27. The summed E-state index contributed by atoms with van der Waals surface area (Å²) in [5.41, 5.74) is 1.86. The molecule has 0 bridgehead atoms. The molecule has 4 nitrogen and oxygen atoms in total. The highest BCUT2D eigenvalue weighted by atomic mass is 16.7. The molecule has 4 heteroatoms. The molecule has 0 atom stereocenters. The molecule has 0 fully saturated rings. The van der Waals surface area contributed by atoms with E-state index in [1.54, 1.807) is 19.5 Å². The highest BCUT2D eigenvalue weighted by Gasteiger charge is 2.06. The second kappa shape index (κ2) is 2.95. The van der Waals surface area contributed by atoms with E-state index in [2.05, 4.69) is 10.1 Å². The fraction of sp³-hybridized carbons (Fsp3) is 0.0909. The molecule has 0 saturated carbocycles. The van der Waals surface area contributed by atoms with Gasteiger partial charge in [-0.1, -0.05) is 23.0 Å². The van der Waals surface area contributed by atoms with Gasteiger partial charge >= 0.3 is 0 Å². The third-order valence-corrected chi connectivity index (χ3v) is 2.47. The number of para-hydroxylation sites is 1. The van der Waals surface area contributed by atoms with E-state index in [4.69, 9.17) is 4.84 Å². The normalized spacial score (nSPS) is 11.0. The van der Waals surface area contributed by atoms with Crippen LogP contribution in [-0.2, 0) is 0 Å². The molecule has 0 spiro atoms. The molecule has 15 heavy (non-hydrogen) atoms. The maximum Gasteiger partial charge on any atom is 0.129 e. The maximum absolute atomic E-state index is 5.08. The summed E-state index contributed by atoms with van der Waals surface area (Å²) in [6.07, 6.45) is 3.57. The molecule has 0 saturated heterocycles. The lowest BCUT2D eigenvalue weighted by atomic mass is 10.1. The third-order valence-electron chi connectivity index (χ3n) is 2.47. The Balaban J connectivity index is 2.50. The molecular weight excluding hydrogens is 190 g/mol. The van der Waals surface area contributed by atoms with Crippen LogP contribution in [0.5, 0.6) is 0 Å².